The highest BCUT2D eigenvalue weighted by molar-refractivity contribution is 6.36. The summed E-state index contributed by atoms with van der Waals surface area (Å²) in [5.41, 5.74) is -0.518. The SMILES string of the molecule is CC(CO)Oc1ccc(Oc2ncc(Cl)c(C(F)F)c2Cl)cc1. The van der Waals surface area contributed by atoms with Gasteiger partial charge in [0.1, 0.15) is 22.6 Å². The molecule has 0 amide bonds. The van der Waals surface area contributed by atoms with Crippen LogP contribution in [0.2, 0.25) is 10.0 Å². The summed E-state index contributed by atoms with van der Waals surface area (Å²) >= 11 is 11.5. The number of aliphatic hydroxyl groups is 1. The van der Waals surface area contributed by atoms with E-state index in [0.29, 0.717) is 11.5 Å². The standard InChI is InChI=1S/C15H13Cl2F2NO3/c1-8(7-21)22-9-2-4-10(5-3-9)23-15-13(17)12(14(18)19)11(16)6-20-15/h2-6,8,14,21H,7H2,1H3. The summed E-state index contributed by atoms with van der Waals surface area (Å²) in [5.74, 6) is 0.706. The molecule has 0 radical (unpaired) electrons. The van der Waals surface area contributed by atoms with Crippen LogP contribution in [0.3, 0.4) is 0 Å². The van der Waals surface area contributed by atoms with E-state index in [1.807, 2.05) is 0 Å². The van der Waals surface area contributed by atoms with Gasteiger partial charge < -0.3 is 14.6 Å². The Morgan fingerprint density at radius 1 is 1.17 bits per heavy atom. The fourth-order valence-electron chi connectivity index (χ4n) is 1.70. The van der Waals surface area contributed by atoms with Crippen LogP contribution >= 0.6 is 23.2 Å². The summed E-state index contributed by atoms with van der Waals surface area (Å²) in [6.45, 7) is 1.60. The predicted octanol–water partition coefficient (Wildman–Crippen LogP) is 4.88. The minimum Gasteiger partial charge on any atom is -0.488 e. The normalized spacial score (nSPS) is 12.3. The van der Waals surface area contributed by atoms with E-state index < -0.39 is 12.0 Å². The Kier molecular flexibility index (Phi) is 5.98. The van der Waals surface area contributed by atoms with Gasteiger partial charge in [-0.2, -0.15) is 0 Å². The highest BCUT2D eigenvalue weighted by atomic mass is 35.5. The van der Waals surface area contributed by atoms with E-state index in [0.717, 1.165) is 6.20 Å². The van der Waals surface area contributed by atoms with Gasteiger partial charge in [-0.3, -0.25) is 0 Å². The monoisotopic (exact) mass is 363 g/mol. The maximum absolute atomic E-state index is 12.9. The van der Waals surface area contributed by atoms with Gasteiger partial charge in [0.2, 0.25) is 5.88 Å². The number of alkyl halides is 2. The van der Waals surface area contributed by atoms with E-state index in [-0.39, 0.29) is 28.6 Å². The molecule has 0 aliphatic carbocycles. The second kappa shape index (κ2) is 7.77. The lowest BCUT2D eigenvalue weighted by Gasteiger charge is -2.13. The van der Waals surface area contributed by atoms with Crippen LogP contribution in [0.4, 0.5) is 8.78 Å². The molecule has 1 heterocycles. The quantitative estimate of drug-likeness (QED) is 0.794. The summed E-state index contributed by atoms with van der Waals surface area (Å²) in [7, 11) is 0. The predicted molar refractivity (Wildman–Crippen MR) is 82.9 cm³/mol. The number of rotatable bonds is 6. The number of hydrogen-bond acceptors (Lipinski definition) is 4. The molecule has 1 aromatic carbocycles. The van der Waals surface area contributed by atoms with E-state index >= 15 is 0 Å². The van der Waals surface area contributed by atoms with Crippen LogP contribution < -0.4 is 9.47 Å². The largest absolute Gasteiger partial charge is 0.488 e. The lowest BCUT2D eigenvalue weighted by atomic mass is 10.2. The van der Waals surface area contributed by atoms with Crippen molar-refractivity contribution >= 4 is 23.2 Å². The van der Waals surface area contributed by atoms with E-state index in [4.69, 9.17) is 37.8 Å². The topological polar surface area (TPSA) is 51.6 Å². The van der Waals surface area contributed by atoms with Crippen molar-refractivity contribution < 1.29 is 23.4 Å². The highest BCUT2D eigenvalue weighted by Crippen LogP contribution is 2.39. The third kappa shape index (κ3) is 4.43. The Labute approximate surface area is 141 Å². The van der Waals surface area contributed by atoms with Gasteiger partial charge in [-0.15, -0.1) is 0 Å². The number of ether oxygens (including phenoxy) is 2. The van der Waals surface area contributed by atoms with Crippen LogP contribution in [-0.4, -0.2) is 22.8 Å². The molecular formula is C15H13Cl2F2NO3. The summed E-state index contributed by atoms with van der Waals surface area (Å²) in [6.07, 6.45) is -2.12. The minimum absolute atomic E-state index is 0.112. The number of aromatic nitrogens is 1. The first kappa shape index (κ1) is 17.7. The first-order valence-corrected chi connectivity index (χ1v) is 7.35. The zero-order valence-electron chi connectivity index (χ0n) is 12.0. The van der Waals surface area contributed by atoms with Crippen LogP contribution in [0, 0.1) is 0 Å². The van der Waals surface area contributed by atoms with Crippen LogP contribution in [0.25, 0.3) is 0 Å². The maximum atomic E-state index is 12.9. The Bertz CT molecular complexity index is 669. The molecule has 23 heavy (non-hydrogen) atoms. The minimum atomic E-state index is -2.84. The molecule has 0 aliphatic rings. The second-order valence-corrected chi connectivity index (χ2v) is 5.41. The van der Waals surface area contributed by atoms with Crippen molar-refractivity contribution in [2.45, 2.75) is 19.5 Å². The molecule has 2 rings (SSSR count). The first-order chi connectivity index (χ1) is 10.9. The number of benzene rings is 1. The molecule has 1 aromatic heterocycles. The number of aliphatic hydroxyl groups excluding tert-OH is 1. The fourth-order valence-corrected chi connectivity index (χ4v) is 2.25. The van der Waals surface area contributed by atoms with Crippen molar-refractivity contribution in [2.75, 3.05) is 6.61 Å². The van der Waals surface area contributed by atoms with Gasteiger partial charge in [-0.05, 0) is 31.2 Å². The molecule has 0 saturated heterocycles. The maximum Gasteiger partial charge on any atom is 0.266 e. The average Bonchev–Trinajstić information content (AvgIpc) is 2.51. The molecule has 2 aromatic rings. The van der Waals surface area contributed by atoms with Gasteiger partial charge in [-0.25, -0.2) is 13.8 Å². The third-order valence-corrected chi connectivity index (χ3v) is 3.49. The highest BCUT2D eigenvalue weighted by Gasteiger charge is 2.21. The van der Waals surface area contributed by atoms with Crippen molar-refractivity contribution in [3.8, 4) is 17.4 Å². The summed E-state index contributed by atoms with van der Waals surface area (Å²) in [4.78, 5) is 3.82. The van der Waals surface area contributed by atoms with Gasteiger partial charge >= 0.3 is 0 Å². The summed E-state index contributed by atoms with van der Waals surface area (Å²) < 4.78 is 36.6. The molecule has 1 N–H and O–H groups in total. The molecule has 0 fully saturated rings. The number of halogens is 4. The Morgan fingerprint density at radius 3 is 2.35 bits per heavy atom. The van der Waals surface area contributed by atoms with Crippen molar-refractivity contribution in [1.29, 1.82) is 0 Å². The second-order valence-electron chi connectivity index (χ2n) is 4.62. The molecule has 0 saturated carbocycles. The van der Waals surface area contributed by atoms with Gasteiger partial charge in [0, 0.05) is 0 Å². The van der Waals surface area contributed by atoms with Crippen molar-refractivity contribution in [3.63, 3.8) is 0 Å². The van der Waals surface area contributed by atoms with Crippen LogP contribution in [-0.2, 0) is 0 Å². The van der Waals surface area contributed by atoms with Gasteiger partial charge in [-0.1, -0.05) is 23.2 Å². The molecule has 4 nitrogen and oxygen atoms in total. The van der Waals surface area contributed by atoms with E-state index in [1.165, 1.54) is 0 Å². The first-order valence-electron chi connectivity index (χ1n) is 6.59. The van der Waals surface area contributed by atoms with E-state index in [2.05, 4.69) is 4.98 Å². The smallest absolute Gasteiger partial charge is 0.266 e. The molecule has 1 unspecified atom stereocenters. The van der Waals surface area contributed by atoms with Crippen molar-refractivity contribution in [3.05, 3.63) is 46.1 Å². The van der Waals surface area contributed by atoms with Crippen molar-refractivity contribution in [1.82, 2.24) is 4.98 Å². The number of nitrogens with zero attached hydrogens (tertiary/aromatic N) is 1. The summed E-state index contributed by atoms with van der Waals surface area (Å²) in [5, 5.41) is 8.37. The number of pyridine rings is 1. The zero-order chi connectivity index (χ0) is 17.0. The molecular weight excluding hydrogens is 351 g/mol. The van der Waals surface area contributed by atoms with E-state index in [9.17, 15) is 8.78 Å². The molecule has 0 bridgehead atoms. The van der Waals surface area contributed by atoms with Gasteiger partial charge in [0.15, 0.2) is 0 Å². The zero-order valence-corrected chi connectivity index (χ0v) is 13.5. The summed E-state index contributed by atoms with van der Waals surface area (Å²) in [6, 6.07) is 6.35. The Balaban J connectivity index is 2.18. The number of hydrogen-bond donors (Lipinski definition) is 1. The van der Waals surface area contributed by atoms with Gasteiger partial charge in [0.05, 0.1) is 23.4 Å². The Hall–Kier alpha value is -1.63. The fraction of sp³-hybridized carbons (Fsp3) is 0.267. The molecule has 1 atom stereocenters. The molecule has 0 aliphatic heterocycles. The van der Waals surface area contributed by atoms with Crippen LogP contribution in [0.15, 0.2) is 30.5 Å². The Morgan fingerprint density at radius 2 is 1.78 bits per heavy atom. The molecule has 124 valence electrons. The van der Waals surface area contributed by atoms with Crippen LogP contribution in [0.1, 0.15) is 18.9 Å². The lowest BCUT2D eigenvalue weighted by molar-refractivity contribution is 0.129. The molecule has 0 spiro atoms. The van der Waals surface area contributed by atoms with E-state index in [1.54, 1.807) is 31.2 Å². The van der Waals surface area contributed by atoms with Crippen molar-refractivity contribution in [2.24, 2.45) is 0 Å². The van der Waals surface area contributed by atoms with Crippen LogP contribution in [0.5, 0.6) is 17.4 Å². The lowest BCUT2D eigenvalue weighted by Crippen LogP contribution is -2.15. The average molecular weight is 364 g/mol. The third-order valence-electron chi connectivity index (χ3n) is 2.83. The molecule has 8 heteroatoms. The van der Waals surface area contributed by atoms with Gasteiger partial charge in [0.25, 0.3) is 6.43 Å².